The third-order valence-electron chi connectivity index (χ3n) is 1.45. The van der Waals surface area contributed by atoms with Crippen molar-refractivity contribution >= 4 is 11.6 Å². The van der Waals surface area contributed by atoms with E-state index in [-0.39, 0.29) is 6.10 Å². The molecule has 70 valence electrons. The summed E-state index contributed by atoms with van der Waals surface area (Å²) in [7, 11) is 0. The van der Waals surface area contributed by atoms with Crippen molar-refractivity contribution in [3.8, 4) is 6.07 Å². The highest BCUT2D eigenvalue weighted by molar-refractivity contribution is 6.22. The summed E-state index contributed by atoms with van der Waals surface area (Å²) >= 11 is 5.95. The minimum atomic E-state index is -0.516. The van der Waals surface area contributed by atoms with Gasteiger partial charge in [0.25, 0.3) is 0 Å². The highest BCUT2D eigenvalue weighted by atomic mass is 35.5. The molecule has 13 heavy (non-hydrogen) atoms. The second kappa shape index (κ2) is 4.31. The standard InChI is InChI=1S/C9H11ClN2O/c1-7(2)13-12-5-3-4-8(6-11)9(12)10/h3-5,7,9H,1-2H3. The number of hydroxylamine groups is 2. The predicted molar refractivity (Wildman–Crippen MR) is 50.5 cm³/mol. The van der Waals surface area contributed by atoms with E-state index in [2.05, 4.69) is 0 Å². The van der Waals surface area contributed by atoms with Crippen LogP contribution in [0.3, 0.4) is 0 Å². The fraction of sp³-hybridized carbons (Fsp3) is 0.444. The molecule has 0 radical (unpaired) electrons. The Hall–Kier alpha value is -0.980. The van der Waals surface area contributed by atoms with Crippen LogP contribution < -0.4 is 0 Å². The minimum Gasteiger partial charge on any atom is -0.270 e. The van der Waals surface area contributed by atoms with Gasteiger partial charge in [0.15, 0.2) is 5.50 Å². The average Bonchev–Trinajstić information content (AvgIpc) is 2.08. The van der Waals surface area contributed by atoms with Crippen molar-refractivity contribution in [1.29, 1.82) is 5.26 Å². The number of hydrogen-bond acceptors (Lipinski definition) is 3. The molecule has 0 aromatic heterocycles. The van der Waals surface area contributed by atoms with E-state index in [0.29, 0.717) is 5.57 Å². The van der Waals surface area contributed by atoms with Crippen LogP contribution in [-0.4, -0.2) is 16.7 Å². The van der Waals surface area contributed by atoms with Gasteiger partial charge in [0.05, 0.1) is 17.7 Å². The number of allylic oxidation sites excluding steroid dienone is 2. The van der Waals surface area contributed by atoms with Crippen LogP contribution in [0.25, 0.3) is 0 Å². The van der Waals surface area contributed by atoms with E-state index in [1.165, 1.54) is 5.06 Å². The molecule has 0 saturated heterocycles. The molecule has 4 heteroatoms. The first-order chi connectivity index (χ1) is 6.15. The lowest BCUT2D eigenvalue weighted by Gasteiger charge is -2.28. The molecule has 0 bridgehead atoms. The van der Waals surface area contributed by atoms with Crippen molar-refractivity contribution in [2.45, 2.75) is 25.5 Å². The third kappa shape index (κ3) is 2.48. The first-order valence-corrected chi connectivity index (χ1v) is 4.46. The Bertz CT molecular complexity index is 278. The lowest BCUT2D eigenvalue weighted by Crippen LogP contribution is -2.31. The maximum atomic E-state index is 8.69. The second-order valence-electron chi connectivity index (χ2n) is 2.93. The fourth-order valence-electron chi connectivity index (χ4n) is 0.946. The Morgan fingerprint density at radius 3 is 2.92 bits per heavy atom. The van der Waals surface area contributed by atoms with Crippen molar-refractivity contribution in [2.24, 2.45) is 0 Å². The normalized spacial score (nSPS) is 21.6. The molecule has 1 atom stereocenters. The highest BCUT2D eigenvalue weighted by Crippen LogP contribution is 2.20. The van der Waals surface area contributed by atoms with E-state index in [4.69, 9.17) is 21.7 Å². The second-order valence-corrected chi connectivity index (χ2v) is 3.34. The zero-order valence-corrected chi connectivity index (χ0v) is 8.32. The number of alkyl halides is 1. The molecular weight excluding hydrogens is 188 g/mol. The molecule has 0 saturated carbocycles. The van der Waals surface area contributed by atoms with Crippen LogP contribution in [0.2, 0.25) is 0 Å². The molecule has 0 spiro atoms. The van der Waals surface area contributed by atoms with E-state index < -0.39 is 5.50 Å². The van der Waals surface area contributed by atoms with E-state index in [0.717, 1.165) is 0 Å². The molecule has 0 aliphatic carbocycles. The summed E-state index contributed by atoms with van der Waals surface area (Å²) in [5.41, 5.74) is -0.0257. The van der Waals surface area contributed by atoms with E-state index >= 15 is 0 Å². The Balaban J connectivity index is 2.68. The quantitative estimate of drug-likeness (QED) is 0.504. The van der Waals surface area contributed by atoms with Crippen molar-refractivity contribution in [1.82, 2.24) is 5.06 Å². The Kier molecular flexibility index (Phi) is 3.35. The highest BCUT2D eigenvalue weighted by Gasteiger charge is 2.21. The van der Waals surface area contributed by atoms with E-state index in [1.54, 1.807) is 18.4 Å². The van der Waals surface area contributed by atoms with Crippen LogP contribution in [0, 0.1) is 11.3 Å². The number of hydrogen-bond donors (Lipinski definition) is 0. The van der Waals surface area contributed by atoms with Crippen LogP contribution in [0.15, 0.2) is 23.9 Å². The first-order valence-electron chi connectivity index (χ1n) is 4.03. The van der Waals surface area contributed by atoms with Crippen molar-refractivity contribution in [3.63, 3.8) is 0 Å². The SMILES string of the molecule is CC(C)ON1C=CC=C(C#N)C1Cl. The van der Waals surface area contributed by atoms with Gasteiger partial charge in [-0.1, -0.05) is 11.6 Å². The van der Waals surface area contributed by atoms with Gasteiger partial charge in [-0.15, -0.1) is 0 Å². The van der Waals surface area contributed by atoms with Gasteiger partial charge < -0.3 is 0 Å². The average molecular weight is 199 g/mol. The third-order valence-corrected chi connectivity index (χ3v) is 1.88. The zero-order chi connectivity index (χ0) is 9.84. The maximum absolute atomic E-state index is 8.69. The molecule has 1 rings (SSSR count). The van der Waals surface area contributed by atoms with E-state index in [9.17, 15) is 0 Å². The summed E-state index contributed by atoms with van der Waals surface area (Å²) in [6.07, 6.45) is 5.17. The van der Waals surface area contributed by atoms with Gasteiger partial charge in [0.1, 0.15) is 0 Å². The van der Waals surface area contributed by atoms with Gasteiger partial charge in [-0.3, -0.25) is 4.84 Å². The predicted octanol–water partition coefficient (Wildman–Crippen LogP) is 2.17. The van der Waals surface area contributed by atoms with Crippen LogP contribution in [0.4, 0.5) is 0 Å². The molecule has 1 aliphatic heterocycles. The summed E-state index contributed by atoms with van der Waals surface area (Å²) in [6.45, 7) is 3.81. The number of rotatable bonds is 2. The molecule has 0 aromatic rings. The fourth-order valence-corrected chi connectivity index (χ4v) is 1.18. The maximum Gasteiger partial charge on any atom is 0.164 e. The molecule has 1 unspecified atom stereocenters. The summed E-state index contributed by atoms with van der Waals surface area (Å²) in [5.74, 6) is 0. The van der Waals surface area contributed by atoms with Gasteiger partial charge in [0.2, 0.25) is 0 Å². The van der Waals surface area contributed by atoms with Crippen molar-refractivity contribution in [2.75, 3.05) is 0 Å². The number of nitrogens with zero attached hydrogens (tertiary/aromatic N) is 2. The van der Waals surface area contributed by atoms with Crippen molar-refractivity contribution in [3.05, 3.63) is 23.9 Å². The zero-order valence-electron chi connectivity index (χ0n) is 7.57. The lowest BCUT2D eigenvalue weighted by atomic mass is 10.2. The van der Waals surface area contributed by atoms with E-state index in [1.807, 2.05) is 19.9 Å². The van der Waals surface area contributed by atoms with Gasteiger partial charge >= 0.3 is 0 Å². The number of halogens is 1. The van der Waals surface area contributed by atoms with Gasteiger partial charge in [-0.25, -0.2) is 5.06 Å². The smallest absolute Gasteiger partial charge is 0.164 e. The van der Waals surface area contributed by atoms with Gasteiger partial charge in [0, 0.05) is 6.20 Å². The molecule has 3 nitrogen and oxygen atoms in total. The molecule has 0 amide bonds. The monoisotopic (exact) mass is 198 g/mol. The van der Waals surface area contributed by atoms with Gasteiger partial charge in [-0.05, 0) is 26.0 Å². The summed E-state index contributed by atoms with van der Waals surface area (Å²) in [6, 6.07) is 2.01. The Morgan fingerprint density at radius 1 is 1.69 bits per heavy atom. The minimum absolute atomic E-state index is 0.0453. The number of nitriles is 1. The lowest BCUT2D eigenvalue weighted by molar-refractivity contribution is -0.155. The van der Waals surface area contributed by atoms with Crippen LogP contribution in [-0.2, 0) is 4.84 Å². The molecule has 0 fully saturated rings. The van der Waals surface area contributed by atoms with Crippen LogP contribution in [0.5, 0.6) is 0 Å². The Morgan fingerprint density at radius 2 is 2.38 bits per heavy atom. The van der Waals surface area contributed by atoms with Crippen molar-refractivity contribution < 1.29 is 4.84 Å². The summed E-state index contributed by atoms with van der Waals surface area (Å²) < 4.78 is 0. The first kappa shape index (κ1) is 10.1. The molecule has 0 aromatic carbocycles. The summed E-state index contributed by atoms with van der Waals surface area (Å²) in [4.78, 5) is 5.36. The Labute approximate surface area is 82.8 Å². The topological polar surface area (TPSA) is 36.3 Å². The largest absolute Gasteiger partial charge is 0.270 e. The van der Waals surface area contributed by atoms with Crippen LogP contribution >= 0.6 is 11.6 Å². The summed E-state index contributed by atoms with van der Waals surface area (Å²) in [5, 5.41) is 10.2. The molecule has 0 N–H and O–H groups in total. The molecule has 1 aliphatic rings. The molecule has 1 heterocycles. The molecular formula is C9H11ClN2O. The van der Waals surface area contributed by atoms with Crippen LogP contribution in [0.1, 0.15) is 13.8 Å². The van der Waals surface area contributed by atoms with Gasteiger partial charge in [-0.2, -0.15) is 5.26 Å².